The van der Waals surface area contributed by atoms with Crippen LogP contribution in [0.15, 0.2) is 30.5 Å². The zero-order valence-electron chi connectivity index (χ0n) is 12.2. The Balaban J connectivity index is 2.09. The van der Waals surface area contributed by atoms with Crippen LogP contribution in [-0.2, 0) is 16.6 Å². The Kier molecular flexibility index (Phi) is 5.47. The highest BCUT2D eigenvalue weighted by Crippen LogP contribution is 2.28. The van der Waals surface area contributed by atoms with E-state index in [0.29, 0.717) is 21.8 Å². The van der Waals surface area contributed by atoms with Crippen molar-refractivity contribution in [3.63, 3.8) is 0 Å². The van der Waals surface area contributed by atoms with E-state index < -0.39 is 10.8 Å². The molecule has 2 atom stereocenters. The molecule has 0 radical (unpaired) electrons. The van der Waals surface area contributed by atoms with Gasteiger partial charge in [0.2, 0.25) is 0 Å². The average Bonchev–Trinajstić information content (AvgIpc) is 2.89. The maximum absolute atomic E-state index is 12.5. The minimum atomic E-state index is -1.06. The van der Waals surface area contributed by atoms with Crippen LogP contribution >= 0.6 is 23.2 Å². The second-order valence-corrected chi connectivity index (χ2v) is 7.79. The van der Waals surface area contributed by atoms with E-state index in [-0.39, 0.29) is 5.25 Å². The quantitative estimate of drug-likeness (QED) is 0.782. The van der Waals surface area contributed by atoms with Gasteiger partial charge >= 0.3 is 0 Å². The first-order valence-electron chi connectivity index (χ1n) is 6.74. The summed E-state index contributed by atoms with van der Waals surface area (Å²) in [5, 5.41) is 5.31. The van der Waals surface area contributed by atoms with Gasteiger partial charge in [0.15, 0.2) is 0 Å². The van der Waals surface area contributed by atoms with Crippen molar-refractivity contribution in [2.45, 2.75) is 37.8 Å². The molecule has 114 valence electrons. The van der Waals surface area contributed by atoms with E-state index in [0.717, 1.165) is 11.3 Å². The maximum atomic E-state index is 12.5. The monoisotopic (exact) mass is 344 g/mol. The fourth-order valence-electron chi connectivity index (χ4n) is 1.93. The van der Waals surface area contributed by atoms with Crippen molar-refractivity contribution in [2.75, 3.05) is 0 Å². The third-order valence-electron chi connectivity index (χ3n) is 3.29. The Morgan fingerprint density at radius 3 is 2.48 bits per heavy atom. The van der Waals surface area contributed by atoms with E-state index in [4.69, 9.17) is 23.2 Å². The Morgan fingerprint density at radius 2 is 1.90 bits per heavy atom. The Morgan fingerprint density at radius 1 is 1.19 bits per heavy atom. The molecule has 0 spiro atoms. The highest BCUT2D eigenvalue weighted by atomic mass is 35.5. The second kappa shape index (κ2) is 6.95. The molecule has 0 amide bonds. The largest absolute Gasteiger partial charge is 0.270 e. The summed E-state index contributed by atoms with van der Waals surface area (Å²) >= 11 is 11.9. The van der Waals surface area contributed by atoms with Crippen LogP contribution in [0.4, 0.5) is 0 Å². The minimum absolute atomic E-state index is 0.121. The van der Waals surface area contributed by atoms with Gasteiger partial charge in [0.05, 0.1) is 26.7 Å². The van der Waals surface area contributed by atoms with E-state index in [1.165, 1.54) is 0 Å². The predicted molar refractivity (Wildman–Crippen MR) is 89.3 cm³/mol. The van der Waals surface area contributed by atoms with Crippen LogP contribution in [0, 0.1) is 0 Å². The van der Waals surface area contributed by atoms with Crippen molar-refractivity contribution >= 4 is 34.0 Å². The lowest BCUT2D eigenvalue weighted by molar-refractivity contribution is 0.528. The number of rotatable bonds is 5. The van der Waals surface area contributed by atoms with E-state index in [9.17, 15) is 4.21 Å². The first-order chi connectivity index (χ1) is 9.88. The summed E-state index contributed by atoms with van der Waals surface area (Å²) in [6.07, 6.45) is 1.92. The molecule has 6 heteroatoms. The van der Waals surface area contributed by atoms with E-state index in [1.807, 2.05) is 29.9 Å². The van der Waals surface area contributed by atoms with Gasteiger partial charge in [-0.1, -0.05) is 29.3 Å². The van der Waals surface area contributed by atoms with E-state index in [2.05, 4.69) is 18.9 Å². The molecule has 2 unspecified atom stereocenters. The summed E-state index contributed by atoms with van der Waals surface area (Å²) in [7, 11) is -1.06. The highest BCUT2D eigenvalue weighted by Gasteiger charge is 2.16. The van der Waals surface area contributed by atoms with Crippen LogP contribution in [0.25, 0.3) is 0 Å². The van der Waals surface area contributed by atoms with Crippen LogP contribution < -0.4 is 0 Å². The van der Waals surface area contributed by atoms with Crippen molar-refractivity contribution in [3.8, 4) is 0 Å². The Bertz CT molecular complexity index is 655. The fraction of sp³-hybridized carbons (Fsp3) is 0.400. The molecule has 0 N–H and O–H groups in total. The van der Waals surface area contributed by atoms with Crippen LogP contribution in [0.5, 0.6) is 0 Å². The van der Waals surface area contributed by atoms with E-state index in [1.54, 1.807) is 12.1 Å². The molecule has 21 heavy (non-hydrogen) atoms. The molecule has 0 fully saturated rings. The van der Waals surface area contributed by atoms with Crippen LogP contribution in [0.2, 0.25) is 10.0 Å². The van der Waals surface area contributed by atoms with Gasteiger partial charge in [-0.25, -0.2) is 0 Å². The highest BCUT2D eigenvalue weighted by molar-refractivity contribution is 7.84. The lowest BCUT2D eigenvalue weighted by Crippen LogP contribution is -2.07. The lowest BCUT2D eigenvalue weighted by Gasteiger charge is -2.12. The molecule has 1 aromatic heterocycles. The van der Waals surface area contributed by atoms with Crippen molar-refractivity contribution < 1.29 is 4.21 Å². The van der Waals surface area contributed by atoms with Crippen molar-refractivity contribution in [1.82, 2.24) is 9.78 Å². The van der Waals surface area contributed by atoms with Crippen molar-refractivity contribution in [3.05, 3.63) is 51.8 Å². The Labute approximate surface area is 137 Å². The molecular weight excluding hydrogens is 327 g/mol. The van der Waals surface area contributed by atoms with Crippen molar-refractivity contribution in [1.29, 1.82) is 0 Å². The molecule has 1 heterocycles. The summed E-state index contributed by atoms with van der Waals surface area (Å²) < 4.78 is 14.3. The lowest BCUT2D eigenvalue weighted by atomic mass is 10.2. The molecule has 0 aliphatic rings. The summed E-state index contributed by atoms with van der Waals surface area (Å²) in [6.45, 7) is 6.05. The molecule has 3 nitrogen and oxygen atoms in total. The number of benzene rings is 1. The smallest absolute Gasteiger partial charge is 0.0749 e. The number of nitrogens with zero attached hydrogens (tertiary/aromatic N) is 2. The molecule has 0 saturated carbocycles. The van der Waals surface area contributed by atoms with Crippen LogP contribution in [0.3, 0.4) is 0 Å². The molecule has 0 aliphatic heterocycles. The summed E-state index contributed by atoms with van der Waals surface area (Å²) in [5.41, 5.74) is 1.76. The minimum Gasteiger partial charge on any atom is -0.270 e. The van der Waals surface area contributed by atoms with Crippen LogP contribution in [0.1, 0.15) is 43.3 Å². The third kappa shape index (κ3) is 4.09. The predicted octanol–water partition coefficient (Wildman–Crippen LogP) is 4.78. The average molecular weight is 345 g/mol. The molecule has 0 aliphatic carbocycles. The number of halogens is 2. The maximum Gasteiger partial charge on any atom is 0.0749 e. The van der Waals surface area contributed by atoms with Gasteiger partial charge in [0.1, 0.15) is 0 Å². The zero-order valence-corrected chi connectivity index (χ0v) is 14.5. The van der Waals surface area contributed by atoms with Gasteiger partial charge in [0.25, 0.3) is 0 Å². The molecule has 2 aromatic rings. The van der Waals surface area contributed by atoms with E-state index >= 15 is 0 Å². The van der Waals surface area contributed by atoms with Gasteiger partial charge in [-0.05, 0) is 44.5 Å². The van der Waals surface area contributed by atoms with Gasteiger partial charge < -0.3 is 0 Å². The summed E-state index contributed by atoms with van der Waals surface area (Å²) in [5.74, 6) is 0.432. The van der Waals surface area contributed by atoms with Crippen LogP contribution in [-0.4, -0.2) is 14.0 Å². The SMILES string of the molecule is CC(C)n1ccc(CS(=O)C(C)c2ccc(Cl)c(Cl)c2)n1. The number of hydrogen-bond acceptors (Lipinski definition) is 2. The fourth-order valence-corrected chi connectivity index (χ4v) is 3.38. The molecule has 1 aromatic carbocycles. The van der Waals surface area contributed by atoms with Crippen molar-refractivity contribution in [2.24, 2.45) is 0 Å². The summed E-state index contributed by atoms with van der Waals surface area (Å²) in [4.78, 5) is 0. The Hall–Kier alpha value is -0.840. The van der Waals surface area contributed by atoms with Gasteiger partial charge in [-0.3, -0.25) is 8.89 Å². The molecule has 0 saturated heterocycles. The standard InChI is InChI=1S/C15H18Cl2N2OS/c1-10(2)19-7-6-13(18-19)9-21(20)11(3)12-4-5-14(16)15(17)8-12/h4-8,10-11H,9H2,1-3H3. The topological polar surface area (TPSA) is 34.9 Å². The first kappa shape index (κ1) is 16.5. The molecule has 0 bridgehead atoms. The summed E-state index contributed by atoms with van der Waals surface area (Å²) in [6, 6.07) is 7.60. The normalized spacial score (nSPS) is 14.4. The second-order valence-electron chi connectivity index (χ2n) is 5.22. The third-order valence-corrected chi connectivity index (χ3v) is 5.67. The number of aromatic nitrogens is 2. The molecule has 2 rings (SSSR count). The zero-order chi connectivity index (χ0) is 15.6. The van der Waals surface area contributed by atoms with Gasteiger partial charge in [-0.15, -0.1) is 0 Å². The van der Waals surface area contributed by atoms with Gasteiger partial charge in [0, 0.05) is 23.0 Å². The molecular formula is C15H18Cl2N2OS. The number of hydrogen-bond donors (Lipinski definition) is 0. The first-order valence-corrected chi connectivity index (χ1v) is 8.88. The van der Waals surface area contributed by atoms with Gasteiger partial charge in [-0.2, -0.15) is 5.10 Å².